The number of carbonyl (C=O) groups is 1. The van der Waals surface area contributed by atoms with Gasteiger partial charge in [-0.05, 0) is 33.4 Å². The number of amides is 1. The number of carbonyl (C=O) groups excluding carboxylic acids is 1. The van der Waals surface area contributed by atoms with E-state index in [4.69, 9.17) is 0 Å². The predicted molar refractivity (Wildman–Crippen MR) is 66.3 cm³/mol. The molecule has 88 valence electrons. The molecule has 0 aromatic carbocycles. The predicted octanol–water partition coefficient (Wildman–Crippen LogP) is 1.71. The van der Waals surface area contributed by atoms with E-state index in [1.165, 1.54) is 0 Å². The van der Waals surface area contributed by atoms with Crippen molar-refractivity contribution in [2.75, 3.05) is 32.7 Å². The molecule has 1 amide bonds. The normalized spacial score (nSPS) is 20.1. The molecule has 0 aromatic heterocycles. The molecule has 1 aliphatic heterocycles. The molecule has 0 spiro atoms. The van der Waals surface area contributed by atoms with E-state index < -0.39 is 4.32 Å². The van der Waals surface area contributed by atoms with E-state index in [2.05, 4.69) is 27.8 Å². The highest BCUT2D eigenvalue weighted by atomic mass is 79.9. The number of rotatable bonds is 2. The standard InChI is InChI=1S/C11H21BrN2O/c1-4-13-6-5-7-14(9-8-13)10(15)11(2,3)12/h4-9H2,1-3H3. The third-order valence-electron chi connectivity index (χ3n) is 2.83. The molecule has 0 saturated carbocycles. The van der Waals surface area contributed by atoms with Gasteiger partial charge in [0.1, 0.15) is 0 Å². The van der Waals surface area contributed by atoms with E-state index in [0.717, 1.165) is 39.1 Å². The lowest BCUT2D eigenvalue weighted by atomic mass is 10.2. The van der Waals surface area contributed by atoms with Crippen LogP contribution in [0.25, 0.3) is 0 Å². The second kappa shape index (κ2) is 5.30. The number of hydrogen-bond acceptors (Lipinski definition) is 2. The quantitative estimate of drug-likeness (QED) is 0.717. The van der Waals surface area contributed by atoms with Crippen LogP contribution in [0.3, 0.4) is 0 Å². The van der Waals surface area contributed by atoms with Crippen LogP contribution in [-0.4, -0.2) is 52.8 Å². The lowest BCUT2D eigenvalue weighted by molar-refractivity contribution is -0.132. The van der Waals surface area contributed by atoms with Crippen LogP contribution in [0.2, 0.25) is 0 Å². The Morgan fingerprint density at radius 2 is 1.93 bits per heavy atom. The second-order valence-corrected chi connectivity index (χ2v) is 6.53. The van der Waals surface area contributed by atoms with Crippen LogP contribution >= 0.6 is 15.9 Å². The van der Waals surface area contributed by atoms with Gasteiger partial charge in [-0.25, -0.2) is 0 Å². The van der Waals surface area contributed by atoms with Crippen LogP contribution in [0.4, 0.5) is 0 Å². The molecule has 1 rings (SSSR count). The maximum absolute atomic E-state index is 12.0. The summed E-state index contributed by atoms with van der Waals surface area (Å²) in [7, 11) is 0. The highest BCUT2D eigenvalue weighted by molar-refractivity contribution is 9.10. The Labute approximate surface area is 101 Å². The first-order valence-corrected chi connectivity index (χ1v) is 6.45. The Bertz CT molecular complexity index is 225. The molecular formula is C11H21BrN2O. The van der Waals surface area contributed by atoms with E-state index in [1.807, 2.05) is 18.7 Å². The number of halogens is 1. The Kier molecular flexibility index (Phi) is 4.59. The van der Waals surface area contributed by atoms with Gasteiger partial charge in [-0.15, -0.1) is 0 Å². The van der Waals surface area contributed by atoms with Gasteiger partial charge in [0, 0.05) is 19.6 Å². The molecule has 0 unspecified atom stereocenters. The molecule has 4 heteroatoms. The molecule has 1 aliphatic rings. The highest BCUT2D eigenvalue weighted by Crippen LogP contribution is 2.20. The van der Waals surface area contributed by atoms with Gasteiger partial charge < -0.3 is 9.80 Å². The van der Waals surface area contributed by atoms with Gasteiger partial charge in [0.25, 0.3) is 0 Å². The number of hydrogen-bond donors (Lipinski definition) is 0. The summed E-state index contributed by atoms with van der Waals surface area (Å²) in [5.74, 6) is 0.209. The monoisotopic (exact) mass is 276 g/mol. The summed E-state index contributed by atoms with van der Waals surface area (Å²) in [6.07, 6.45) is 1.09. The first kappa shape index (κ1) is 13.0. The van der Waals surface area contributed by atoms with Gasteiger partial charge in [-0.1, -0.05) is 22.9 Å². The maximum Gasteiger partial charge on any atom is 0.238 e. The van der Waals surface area contributed by atoms with Gasteiger partial charge in [0.05, 0.1) is 4.32 Å². The van der Waals surface area contributed by atoms with E-state index in [1.54, 1.807) is 0 Å². The first-order valence-electron chi connectivity index (χ1n) is 5.65. The fraction of sp³-hybridized carbons (Fsp3) is 0.909. The van der Waals surface area contributed by atoms with E-state index in [0.29, 0.717) is 0 Å². The third-order valence-corrected chi connectivity index (χ3v) is 3.17. The van der Waals surface area contributed by atoms with E-state index in [-0.39, 0.29) is 5.91 Å². The lowest BCUT2D eigenvalue weighted by Gasteiger charge is -2.27. The van der Waals surface area contributed by atoms with Crippen molar-refractivity contribution in [3.05, 3.63) is 0 Å². The van der Waals surface area contributed by atoms with Crippen molar-refractivity contribution in [2.45, 2.75) is 31.5 Å². The van der Waals surface area contributed by atoms with Crippen molar-refractivity contribution < 1.29 is 4.79 Å². The van der Waals surface area contributed by atoms with Crippen LogP contribution < -0.4 is 0 Å². The fourth-order valence-electron chi connectivity index (χ4n) is 1.87. The number of alkyl halides is 1. The summed E-state index contributed by atoms with van der Waals surface area (Å²) in [5, 5.41) is 0. The fourth-order valence-corrected chi connectivity index (χ4v) is 2.12. The summed E-state index contributed by atoms with van der Waals surface area (Å²) in [4.78, 5) is 16.4. The van der Waals surface area contributed by atoms with Crippen molar-refractivity contribution in [1.29, 1.82) is 0 Å². The average molecular weight is 277 g/mol. The molecule has 0 N–H and O–H groups in total. The molecule has 0 atom stereocenters. The van der Waals surface area contributed by atoms with Gasteiger partial charge in [-0.2, -0.15) is 0 Å². The molecule has 1 saturated heterocycles. The minimum Gasteiger partial charge on any atom is -0.340 e. The Balaban J connectivity index is 2.54. The summed E-state index contributed by atoms with van der Waals surface area (Å²) < 4.78 is -0.422. The number of nitrogens with zero attached hydrogens (tertiary/aromatic N) is 2. The summed E-state index contributed by atoms with van der Waals surface area (Å²) in [6.45, 7) is 11.0. The Hall–Kier alpha value is -0.0900. The molecule has 0 aliphatic carbocycles. The highest BCUT2D eigenvalue weighted by Gasteiger charge is 2.29. The minimum absolute atomic E-state index is 0.209. The summed E-state index contributed by atoms with van der Waals surface area (Å²) in [5.41, 5.74) is 0. The van der Waals surface area contributed by atoms with Crippen LogP contribution in [-0.2, 0) is 4.79 Å². The molecule has 1 heterocycles. The zero-order valence-corrected chi connectivity index (χ0v) is 11.5. The Morgan fingerprint density at radius 1 is 1.27 bits per heavy atom. The lowest BCUT2D eigenvalue weighted by Crippen LogP contribution is -2.43. The van der Waals surface area contributed by atoms with Crippen molar-refractivity contribution in [1.82, 2.24) is 9.80 Å². The zero-order valence-electron chi connectivity index (χ0n) is 9.92. The van der Waals surface area contributed by atoms with Gasteiger partial charge in [0.2, 0.25) is 5.91 Å². The topological polar surface area (TPSA) is 23.6 Å². The maximum atomic E-state index is 12.0. The SMILES string of the molecule is CCN1CCCN(C(=O)C(C)(C)Br)CC1. The van der Waals surface area contributed by atoms with E-state index >= 15 is 0 Å². The van der Waals surface area contributed by atoms with Gasteiger partial charge in [0.15, 0.2) is 0 Å². The Morgan fingerprint density at radius 3 is 2.47 bits per heavy atom. The van der Waals surface area contributed by atoms with E-state index in [9.17, 15) is 4.79 Å². The molecular weight excluding hydrogens is 256 g/mol. The molecule has 0 bridgehead atoms. The van der Waals surface area contributed by atoms with Gasteiger partial charge in [-0.3, -0.25) is 4.79 Å². The van der Waals surface area contributed by atoms with Crippen LogP contribution in [0.5, 0.6) is 0 Å². The molecule has 0 radical (unpaired) electrons. The summed E-state index contributed by atoms with van der Waals surface area (Å²) in [6, 6.07) is 0. The minimum atomic E-state index is -0.422. The van der Waals surface area contributed by atoms with Gasteiger partial charge >= 0.3 is 0 Å². The smallest absolute Gasteiger partial charge is 0.238 e. The summed E-state index contributed by atoms with van der Waals surface area (Å²) >= 11 is 3.43. The second-order valence-electron chi connectivity index (χ2n) is 4.55. The zero-order chi connectivity index (χ0) is 11.5. The molecule has 15 heavy (non-hydrogen) atoms. The van der Waals surface area contributed by atoms with Crippen molar-refractivity contribution >= 4 is 21.8 Å². The van der Waals surface area contributed by atoms with Crippen molar-refractivity contribution in [3.63, 3.8) is 0 Å². The molecule has 0 aromatic rings. The average Bonchev–Trinajstić information content (AvgIpc) is 2.39. The third kappa shape index (κ3) is 3.76. The largest absolute Gasteiger partial charge is 0.340 e. The number of likely N-dealkylation sites (N-methyl/N-ethyl adjacent to an activating group) is 1. The van der Waals surface area contributed by atoms with Crippen LogP contribution in [0.15, 0.2) is 0 Å². The van der Waals surface area contributed by atoms with Crippen LogP contribution in [0.1, 0.15) is 27.2 Å². The molecule has 3 nitrogen and oxygen atoms in total. The molecule has 1 fully saturated rings. The van der Waals surface area contributed by atoms with Crippen molar-refractivity contribution in [3.8, 4) is 0 Å². The van der Waals surface area contributed by atoms with Crippen LogP contribution in [0, 0.1) is 0 Å². The van der Waals surface area contributed by atoms with Crippen molar-refractivity contribution in [2.24, 2.45) is 0 Å². The first-order chi connectivity index (χ1) is 6.95.